The Bertz CT molecular complexity index is 688. The van der Waals surface area contributed by atoms with Crippen molar-refractivity contribution >= 4 is 28.1 Å². The summed E-state index contributed by atoms with van der Waals surface area (Å²) in [5.74, 6) is 0.0925. The van der Waals surface area contributed by atoms with Crippen LogP contribution in [-0.2, 0) is 22.7 Å². The summed E-state index contributed by atoms with van der Waals surface area (Å²) in [7, 11) is -1.57. The standard InChI is InChI=1S/C14H11ClF3NOS/c15-11-4-2-1-3-9(11)8-21(20)13-6-5-10(7-12(13)19)14(16,17)18/h1-7H,8,19H2. The summed E-state index contributed by atoms with van der Waals surface area (Å²) in [6.07, 6.45) is -4.48. The zero-order valence-corrected chi connectivity index (χ0v) is 12.2. The average Bonchev–Trinajstić information content (AvgIpc) is 2.40. The molecule has 2 rings (SSSR count). The molecule has 0 saturated carbocycles. The second-order valence-corrected chi connectivity index (χ2v) is 6.16. The Morgan fingerprint density at radius 3 is 2.38 bits per heavy atom. The van der Waals surface area contributed by atoms with Crippen LogP contribution < -0.4 is 5.73 Å². The van der Waals surface area contributed by atoms with Crippen molar-refractivity contribution in [2.24, 2.45) is 0 Å². The van der Waals surface area contributed by atoms with E-state index in [4.69, 9.17) is 17.3 Å². The minimum atomic E-state index is -4.48. The first-order valence-corrected chi connectivity index (χ1v) is 7.57. The van der Waals surface area contributed by atoms with E-state index in [0.717, 1.165) is 18.2 Å². The molecule has 1 unspecified atom stereocenters. The molecule has 0 saturated heterocycles. The maximum absolute atomic E-state index is 12.6. The molecule has 112 valence electrons. The van der Waals surface area contributed by atoms with Gasteiger partial charge in [-0.2, -0.15) is 13.2 Å². The van der Waals surface area contributed by atoms with Gasteiger partial charge in [0.05, 0.1) is 27.0 Å². The summed E-state index contributed by atoms with van der Waals surface area (Å²) < 4.78 is 49.9. The fourth-order valence-corrected chi connectivity index (χ4v) is 3.28. The zero-order chi connectivity index (χ0) is 15.6. The van der Waals surface area contributed by atoms with Crippen LogP contribution in [0.4, 0.5) is 18.9 Å². The minimum absolute atomic E-state index is 0.0925. The molecule has 0 amide bonds. The van der Waals surface area contributed by atoms with Gasteiger partial charge in [0.1, 0.15) is 0 Å². The van der Waals surface area contributed by atoms with E-state index in [1.165, 1.54) is 0 Å². The molecule has 0 aliphatic rings. The molecule has 2 aromatic rings. The predicted octanol–water partition coefficient (Wildman–Crippen LogP) is 4.25. The van der Waals surface area contributed by atoms with Gasteiger partial charge in [-0.15, -0.1) is 0 Å². The van der Waals surface area contributed by atoms with Gasteiger partial charge in [-0.25, -0.2) is 0 Å². The number of halogens is 4. The number of alkyl halides is 3. The molecule has 0 aromatic heterocycles. The number of nitrogen functional groups attached to an aromatic ring is 1. The molecule has 0 radical (unpaired) electrons. The van der Waals surface area contributed by atoms with Gasteiger partial charge in [-0.1, -0.05) is 29.8 Å². The van der Waals surface area contributed by atoms with Crippen LogP contribution in [0.15, 0.2) is 47.4 Å². The smallest absolute Gasteiger partial charge is 0.398 e. The molecule has 1 atom stereocenters. The molecule has 2 N–H and O–H groups in total. The highest BCUT2D eigenvalue weighted by molar-refractivity contribution is 7.84. The molecule has 2 nitrogen and oxygen atoms in total. The molecular weight excluding hydrogens is 323 g/mol. The first-order chi connectivity index (χ1) is 9.79. The van der Waals surface area contributed by atoms with E-state index in [1.807, 2.05) is 0 Å². The van der Waals surface area contributed by atoms with E-state index in [1.54, 1.807) is 24.3 Å². The predicted molar refractivity (Wildman–Crippen MR) is 77.4 cm³/mol. The Morgan fingerprint density at radius 1 is 1.14 bits per heavy atom. The number of benzene rings is 2. The van der Waals surface area contributed by atoms with E-state index >= 15 is 0 Å². The number of hydrogen-bond acceptors (Lipinski definition) is 2. The summed E-state index contributed by atoms with van der Waals surface area (Å²) in [5.41, 5.74) is 5.23. The van der Waals surface area contributed by atoms with Crippen LogP contribution in [0.1, 0.15) is 11.1 Å². The second-order valence-electron chi connectivity index (χ2n) is 4.33. The molecule has 0 spiro atoms. The number of hydrogen-bond donors (Lipinski definition) is 1. The van der Waals surface area contributed by atoms with Crippen molar-refractivity contribution in [2.75, 3.05) is 5.73 Å². The van der Waals surface area contributed by atoms with Crippen LogP contribution in [-0.4, -0.2) is 4.21 Å². The molecule has 7 heteroatoms. The third kappa shape index (κ3) is 3.77. The van der Waals surface area contributed by atoms with Crippen LogP contribution in [0.25, 0.3) is 0 Å². The Morgan fingerprint density at radius 2 is 1.81 bits per heavy atom. The number of rotatable bonds is 3. The van der Waals surface area contributed by atoms with Gasteiger partial charge in [0, 0.05) is 10.7 Å². The summed E-state index contributed by atoms with van der Waals surface area (Å²) in [4.78, 5) is 0.169. The molecule has 21 heavy (non-hydrogen) atoms. The van der Waals surface area contributed by atoms with Gasteiger partial charge in [-0.05, 0) is 29.8 Å². The van der Waals surface area contributed by atoms with Crippen molar-refractivity contribution in [3.63, 3.8) is 0 Å². The summed E-state index contributed by atoms with van der Waals surface area (Å²) in [6.45, 7) is 0. The summed E-state index contributed by atoms with van der Waals surface area (Å²) in [5, 5.41) is 0.455. The van der Waals surface area contributed by atoms with Gasteiger partial charge in [-0.3, -0.25) is 4.21 Å². The molecule has 0 aliphatic heterocycles. The average molecular weight is 334 g/mol. The second kappa shape index (κ2) is 6.07. The van der Waals surface area contributed by atoms with Gasteiger partial charge in [0.15, 0.2) is 0 Å². The Kier molecular flexibility index (Phi) is 4.58. The van der Waals surface area contributed by atoms with Crippen molar-refractivity contribution in [3.05, 3.63) is 58.6 Å². The van der Waals surface area contributed by atoms with E-state index in [-0.39, 0.29) is 16.3 Å². The fraction of sp³-hybridized carbons (Fsp3) is 0.143. The number of nitrogens with two attached hydrogens (primary N) is 1. The van der Waals surface area contributed by atoms with Crippen LogP contribution in [0.2, 0.25) is 5.02 Å². The van der Waals surface area contributed by atoms with Gasteiger partial charge >= 0.3 is 6.18 Å². The van der Waals surface area contributed by atoms with Crippen molar-refractivity contribution < 1.29 is 17.4 Å². The van der Waals surface area contributed by atoms with Crippen molar-refractivity contribution in [1.82, 2.24) is 0 Å². The first kappa shape index (κ1) is 15.9. The topological polar surface area (TPSA) is 43.1 Å². The number of anilines is 1. The third-order valence-corrected chi connectivity index (χ3v) is 4.63. The van der Waals surface area contributed by atoms with Crippen molar-refractivity contribution in [1.29, 1.82) is 0 Å². The molecule has 2 aromatic carbocycles. The van der Waals surface area contributed by atoms with Crippen LogP contribution in [0.3, 0.4) is 0 Å². The quantitative estimate of drug-likeness (QED) is 0.853. The molecular formula is C14H11ClF3NOS. The van der Waals surface area contributed by atoms with Crippen LogP contribution in [0, 0.1) is 0 Å². The SMILES string of the molecule is Nc1cc(C(F)(F)F)ccc1S(=O)Cc1ccccc1Cl. The Hall–Kier alpha value is -1.53. The minimum Gasteiger partial charge on any atom is -0.398 e. The Balaban J connectivity index is 2.26. The molecule has 0 heterocycles. The van der Waals surface area contributed by atoms with Gasteiger partial charge in [0.2, 0.25) is 0 Å². The highest BCUT2D eigenvalue weighted by Crippen LogP contribution is 2.32. The van der Waals surface area contributed by atoms with Gasteiger partial charge in [0.25, 0.3) is 0 Å². The Labute approximate surface area is 127 Å². The lowest BCUT2D eigenvalue weighted by Crippen LogP contribution is -2.08. The lowest BCUT2D eigenvalue weighted by Gasteiger charge is -2.11. The highest BCUT2D eigenvalue weighted by atomic mass is 35.5. The van der Waals surface area contributed by atoms with E-state index in [9.17, 15) is 17.4 Å². The summed E-state index contributed by atoms with van der Waals surface area (Å²) in [6, 6.07) is 9.65. The van der Waals surface area contributed by atoms with E-state index in [0.29, 0.717) is 10.6 Å². The lowest BCUT2D eigenvalue weighted by molar-refractivity contribution is -0.137. The van der Waals surface area contributed by atoms with Crippen LogP contribution in [0.5, 0.6) is 0 Å². The molecule has 0 fully saturated rings. The molecule has 0 aliphatic carbocycles. The van der Waals surface area contributed by atoms with Crippen molar-refractivity contribution in [3.8, 4) is 0 Å². The lowest BCUT2D eigenvalue weighted by atomic mass is 10.2. The van der Waals surface area contributed by atoms with E-state index < -0.39 is 22.5 Å². The fourth-order valence-electron chi connectivity index (χ4n) is 1.77. The highest BCUT2D eigenvalue weighted by Gasteiger charge is 2.31. The normalized spacial score (nSPS) is 13.1. The van der Waals surface area contributed by atoms with Crippen molar-refractivity contribution in [2.45, 2.75) is 16.8 Å². The largest absolute Gasteiger partial charge is 0.416 e. The third-order valence-electron chi connectivity index (χ3n) is 2.83. The monoisotopic (exact) mass is 333 g/mol. The zero-order valence-electron chi connectivity index (χ0n) is 10.7. The summed E-state index contributed by atoms with van der Waals surface area (Å²) >= 11 is 5.97. The maximum Gasteiger partial charge on any atom is 0.416 e. The maximum atomic E-state index is 12.6. The molecule has 0 bridgehead atoms. The first-order valence-electron chi connectivity index (χ1n) is 5.87. The van der Waals surface area contributed by atoms with Crippen LogP contribution >= 0.6 is 11.6 Å². The van der Waals surface area contributed by atoms with E-state index in [2.05, 4.69) is 0 Å². The van der Waals surface area contributed by atoms with Gasteiger partial charge < -0.3 is 5.73 Å².